The molecule has 0 saturated heterocycles. The van der Waals surface area contributed by atoms with Crippen molar-refractivity contribution in [1.82, 2.24) is 14.7 Å². The van der Waals surface area contributed by atoms with E-state index < -0.39 is 60.8 Å². The van der Waals surface area contributed by atoms with Gasteiger partial charge >= 0.3 is 0 Å². The molecule has 6 rings (SSSR count). The lowest BCUT2D eigenvalue weighted by atomic mass is 9.84. The Kier molecular flexibility index (Phi) is 14.7. The van der Waals surface area contributed by atoms with Gasteiger partial charge in [-0.3, -0.25) is 0 Å². The zero-order valence-corrected chi connectivity index (χ0v) is 36.7. The van der Waals surface area contributed by atoms with Gasteiger partial charge in [0.2, 0.25) is 11.8 Å². The van der Waals surface area contributed by atoms with E-state index in [-0.39, 0.29) is 28.3 Å². The van der Waals surface area contributed by atoms with E-state index in [9.17, 15) is 26.0 Å². The summed E-state index contributed by atoms with van der Waals surface area (Å²) in [7, 11) is -2.86. The van der Waals surface area contributed by atoms with Gasteiger partial charge in [0.25, 0.3) is 0 Å². The van der Waals surface area contributed by atoms with E-state index in [1.54, 1.807) is 0 Å². The van der Waals surface area contributed by atoms with E-state index in [4.69, 9.17) is 8.83 Å². The lowest BCUT2D eigenvalue weighted by molar-refractivity contribution is 0.298. The van der Waals surface area contributed by atoms with Crippen LogP contribution in [0.15, 0.2) is 110 Å². The Balaban J connectivity index is 0.000000230. The maximum absolute atomic E-state index is 14.5. The van der Waals surface area contributed by atoms with Crippen molar-refractivity contribution < 1.29 is 34.8 Å². The normalized spacial score (nSPS) is 13.8. The van der Waals surface area contributed by atoms with Crippen molar-refractivity contribution in [2.45, 2.75) is 90.7 Å². The van der Waals surface area contributed by atoms with Crippen molar-refractivity contribution in [2.75, 3.05) is 0 Å². The summed E-state index contributed by atoms with van der Waals surface area (Å²) in [5.74, 6) is -1.54. The summed E-state index contributed by atoms with van der Waals surface area (Å²) < 4.78 is 99.3. The fourth-order valence-electron chi connectivity index (χ4n) is 5.60. The molecule has 3 atom stereocenters. The van der Waals surface area contributed by atoms with Gasteiger partial charge in [0.15, 0.2) is 0 Å². The molecule has 0 aliphatic carbocycles. The smallest absolute Gasteiger partial charge is 0.230 e. The van der Waals surface area contributed by atoms with Gasteiger partial charge in [-0.1, -0.05) is 81.4 Å². The van der Waals surface area contributed by atoms with Gasteiger partial charge in [-0.2, -0.15) is 4.40 Å². The van der Waals surface area contributed by atoms with Gasteiger partial charge < -0.3 is 8.83 Å². The molecule has 0 fully saturated rings. The first kappa shape index (κ1) is 46.0. The minimum atomic E-state index is -1.48. The third-order valence-electron chi connectivity index (χ3n) is 8.90. The summed E-state index contributed by atoms with van der Waals surface area (Å²) in [5, 5.41) is 0. The first-order chi connectivity index (χ1) is 28.1. The molecule has 0 amide bonds. The third kappa shape index (κ3) is 12.3. The Morgan fingerprint density at radius 1 is 0.650 bits per heavy atom. The first-order valence-electron chi connectivity index (χ1n) is 19.2. The van der Waals surface area contributed by atoms with E-state index in [0.29, 0.717) is 35.7 Å². The van der Waals surface area contributed by atoms with Crippen molar-refractivity contribution in [2.24, 2.45) is 9.81 Å². The van der Waals surface area contributed by atoms with E-state index in [1.807, 2.05) is 123 Å². The average molecular weight is 863 g/mol. The van der Waals surface area contributed by atoms with Crippen molar-refractivity contribution in [1.29, 1.82) is 0 Å². The highest BCUT2D eigenvalue weighted by Gasteiger charge is 2.36. The number of benzene rings is 4. The fourth-order valence-corrected chi connectivity index (χ4v) is 7.15. The molecule has 6 aromatic rings. The predicted octanol–water partition coefficient (Wildman–Crippen LogP) is 11.4. The molecule has 4 aromatic carbocycles. The molecule has 8 nitrogen and oxygen atoms in total. The van der Waals surface area contributed by atoms with Gasteiger partial charge in [0.05, 0.1) is 43.9 Å². The van der Waals surface area contributed by atoms with Gasteiger partial charge in [-0.15, -0.1) is 0 Å². The van der Waals surface area contributed by atoms with Crippen molar-refractivity contribution >= 4 is 28.2 Å². The highest BCUT2D eigenvalue weighted by Crippen LogP contribution is 2.38. The molecule has 0 bridgehead atoms. The van der Waals surface area contributed by atoms with Crippen LogP contribution in [0.2, 0.25) is 0 Å². The number of hydrogen-bond donors (Lipinski definition) is 1. The molecule has 60 heavy (non-hydrogen) atoms. The predicted molar refractivity (Wildman–Crippen MR) is 231 cm³/mol. The van der Waals surface area contributed by atoms with Gasteiger partial charge in [0.1, 0.15) is 57.2 Å². The molecule has 14 heteroatoms. The van der Waals surface area contributed by atoms with Crippen molar-refractivity contribution in [3.05, 3.63) is 154 Å². The molecule has 3 unspecified atom stereocenters. The van der Waals surface area contributed by atoms with Crippen LogP contribution in [0.1, 0.15) is 102 Å². The monoisotopic (exact) mass is 862 g/mol. The average Bonchev–Trinajstić information content (AvgIpc) is 3.77. The van der Waals surface area contributed by atoms with Crippen LogP contribution in [0.3, 0.4) is 0 Å². The number of aromatic nitrogens is 2. The SMILES string of the molecule is CC(C)(C)C(NS(=O)C(C)(C)C)c1nc(-c2cc(F)ccc2F)oc1Cc1ccccc1.CC(C)(C)S(=O)N=Cc1nc(-c2cc(F)ccc2F)oc1Cc1ccccc1. The highest BCUT2D eigenvalue weighted by atomic mass is 32.2. The number of halogens is 4. The molecular formula is C46H50F4N4O4S2. The molecule has 0 radical (unpaired) electrons. The molecule has 0 aliphatic rings. The Morgan fingerprint density at radius 3 is 1.58 bits per heavy atom. The quantitative estimate of drug-likeness (QED) is 0.103. The van der Waals surface area contributed by atoms with Crippen LogP contribution in [0, 0.1) is 28.7 Å². The van der Waals surface area contributed by atoms with Crippen LogP contribution >= 0.6 is 0 Å². The standard InChI is InChI=1S/C25H30F2N2O2S.C21H20F2N2O2S/c1-24(2,3)22(29-32(30)25(4,5)6)21-20(14-16-10-8-7-9-11-16)31-23(28-21)18-15-17(26)12-13-19(18)27;1-21(2,3)28(26)24-13-18-19(11-14-7-5-4-6-8-14)27-20(25-18)16-12-15(22)9-10-17(16)23/h7-13,15,22,29H,14H2,1-6H3;4-10,12-13H,11H2,1-3H3. The summed E-state index contributed by atoms with van der Waals surface area (Å²) in [6.07, 6.45) is 2.16. The topological polar surface area (TPSA) is 111 Å². The van der Waals surface area contributed by atoms with Gasteiger partial charge in [-0.05, 0) is 94.5 Å². The number of rotatable bonds is 11. The Labute approximate surface area is 354 Å². The molecular weight excluding hydrogens is 813 g/mol. The summed E-state index contributed by atoms with van der Waals surface area (Å²) in [4.78, 5) is 8.89. The molecule has 0 aliphatic heterocycles. The minimum absolute atomic E-state index is 0.000483. The van der Waals surface area contributed by atoms with E-state index in [2.05, 4.69) is 19.1 Å². The van der Waals surface area contributed by atoms with Crippen LogP contribution in [0.4, 0.5) is 17.6 Å². The van der Waals surface area contributed by atoms with Gasteiger partial charge in [0, 0.05) is 12.8 Å². The lowest BCUT2D eigenvalue weighted by Crippen LogP contribution is -2.41. The number of oxazole rings is 2. The highest BCUT2D eigenvalue weighted by molar-refractivity contribution is 7.85. The van der Waals surface area contributed by atoms with E-state index in [0.717, 1.165) is 47.5 Å². The van der Waals surface area contributed by atoms with Crippen LogP contribution in [-0.4, -0.2) is 34.1 Å². The number of nitrogens with one attached hydrogen (secondary N) is 1. The Hall–Kier alpha value is -5.05. The molecule has 0 saturated carbocycles. The van der Waals surface area contributed by atoms with E-state index >= 15 is 0 Å². The van der Waals surface area contributed by atoms with Gasteiger partial charge in [-0.25, -0.2) is 40.7 Å². The van der Waals surface area contributed by atoms with Crippen molar-refractivity contribution in [3.63, 3.8) is 0 Å². The largest absolute Gasteiger partial charge is 0.440 e. The second kappa shape index (κ2) is 19.1. The lowest BCUT2D eigenvalue weighted by Gasteiger charge is -2.32. The first-order valence-corrected chi connectivity index (χ1v) is 21.5. The maximum Gasteiger partial charge on any atom is 0.230 e. The summed E-state index contributed by atoms with van der Waals surface area (Å²) >= 11 is 0. The Morgan fingerprint density at radius 2 is 1.12 bits per heavy atom. The summed E-state index contributed by atoms with van der Waals surface area (Å²) in [5.41, 5.74) is 2.30. The molecule has 2 aromatic heterocycles. The fraction of sp³-hybridized carbons (Fsp3) is 0.326. The molecule has 1 N–H and O–H groups in total. The van der Waals surface area contributed by atoms with Crippen LogP contribution in [0.25, 0.3) is 22.9 Å². The zero-order chi connectivity index (χ0) is 44.0. The van der Waals surface area contributed by atoms with E-state index in [1.165, 1.54) is 6.21 Å². The van der Waals surface area contributed by atoms with Crippen molar-refractivity contribution in [3.8, 4) is 22.9 Å². The summed E-state index contributed by atoms with van der Waals surface area (Å²) in [6, 6.07) is 25.0. The van der Waals surface area contributed by atoms with Crippen LogP contribution < -0.4 is 4.72 Å². The zero-order valence-electron chi connectivity index (χ0n) is 35.1. The summed E-state index contributed by atoms with van der Waals surface area (Å²) in [6.45, 7) is 17.1. The van der Waals surface area contributed by atoms with Crippen LogP contribution in [0.5, 0.6) is 0 Å². The number of hydrogen-bond acceptors (Lipinski definition) is 6. The second-order valence-electron chi connectivity index (χ2n) is 17.1. The Bertz CT molecular complexity index is 2470. The maximum atomic E-state index is 14.5. The molecule has 0 spiro atoms. The second-order valence-corrected chi connectivity index (χ2v) is 21.1. The minimum Gasteiger partial charge on any atom is -0.440 e. The molecule has 318 valence electrons. The van der Waals surface area contributed by atoms with Crippen LogP contribution in [-0.2, 0) is 34.8 Å². The number of nitrogens with zero attached hydrogens (tertiary/aromatic N) is 3. The molecule has 2 heterocycles. The third-order valence-corrected chi connectivity index (χ3v) is 11.8.